The predicted octanol–water partition coefficient (Wildman–Crippen LogP) is -0.157. The SMILES string of the molecule is Cc1ccc(N)c(S(=O)(=O)NCCCS(N)(=O)=O)c1C. The zero-order valence-electron chi connectivity index (χ0n) is 11.4. The van der Waals surface area contributed by atoms with E-state index in [0.29, 0.717) is 5.56 Å². The lowest BCUT2D eigenvalue weighted by Gasteiger charge is -2.13. The van der Waals surface area contributed by atoms with Gasteiger partial charge in [-0.3, -0.25) is 0 Å². The van der Waals surface area contributed by atoms with Gasteiger partial charge in [0.2, 0.25) is 20.0 Å². The molecule has 1 aromatic carbocycles. The van der Waals surface area contributed by atoms with Gasteiger partial charge < -0.3 is 5.73 Å². The molecule has 0 amide bonds. The zero-order valence-corrected chi connectivity index (χ0v) is 13.0. The van der Waals surface area contributed by atoms with E-state index in [1.807, 2.05) is 0 Å². The predicted molar refractivity (Wildman–Crippen MR) is 78.1 cm³/mol. The summed E-state index contributed by atoms with van der Waals surface area (Å²) >= 11 is 0. The van der Waals surface area contributed by atoms with E-state index < -0.39 is 20.0 Å². The van der Waals surface area contributed by atoms with Gasteiger partial charge in [-0.05, 0) is 37.5 Å². The highest BCUT2D eigenvalue weighted by atomic mass is 32.2. The number of primary sulfonamides is 1. The van der Waals surface area contributed by atoms with E-state index in [1.54, 1.807) is 19.9 Å². The van der Waals surface area contributed by atoms with Gasteiger partial charge in [-0.1, -0.05) is 6.07 Å². The van der Waals surface area contributed by atoms with Gasteiger partial charge in [-0.25, -0.2) is 26.7 Å². The van der Waals surface area contributed by atoms with Crippen LogP contribution in [0.3, 0.4) is 0 Å². The molecular weight excluding hydrogens is 302 g/mol. The first-order valence-corrected chi connectivity index (χ1v) is 9.10. The molecule has 0 unspecified atom stereocenters. The molecule has 5 N–H and O–H groups in total. The summed E-state index contributed by atoms with van der Waals surface area (Å²) in [5, 5.41) is 4.84. The first kappa shape index (κ1) is 16.9. The van der Waals surface area contributed by atoms with Gasteiger partial charge >= 0.3 is 0 Å². The Labute approximate surface area is 119 Å². The molecule has 114 valence electrons. The molecule has 0 bridgehead atoms. The maximum atomic E-state index is 12.2. The molecule has 0 aliphatic heterocycles. The molecule has 0 radical (unpaired) electrons. The minimum absolute atomic E-state index is 0.0222. The molecule has 0 atom stereocenters. The second-order valence-corrected chi connectivity index (χ2v) is 7.98. The van der Waals surface area contributed by atoms with E-state index in [4.69, 9.17) is 10.9 Å². The topological polar surface area (TPSA) is 132 Å². The van der Waals surface area contributed by atoms with Crippen molar-refractivity contribution in [1.82, 2.24) is 4.72 Å². The van der Waals surface area contributed by atoms with Crippen molar-refractivity contribution >= 4 is 25.7 Å². The van der Waals surface area contributed by atoms with Gasteiger partial charge in [0.05, 0.1) is 11.4 Å². The van der Waals surface area contributed by atoms with Crippen molar-refractivity contribution in [3.05, 3.63) is 23.3 Å². The van der Waals surface area contributed by atoms with Crippen LogP contribution in [-0.4, -0.2) is 29.1 Å². The molecule has 0 aliphatic rings. The highest BCUT2D eigenvalue weighted by Crippen LogP contribution is 2.24. The smallest absolute Gasteiger partial charge is 0.242 e. The highest BCUT2D eigenvalue weighted by Gasteiger charge is 2.20. The van der Waals surface area contributed by atoms with E-state index in [2.05, 4.69) is 4.72 Å². The Morgan fingerprint density at radius 3 is 2.30 bits per heavy atom. The van der Waals surface area contributed by atoms with Crippen molar-refractivity contribution in [2.75, 3.05) is 18.0 Å². The summed E-state index contributed by atoms with van der Waals surface area (Å²) in [5.74, 6) is -0.280. The van der Waals surface area contributed by atoms with Crippen LogP contribution in [0.25, 0.3) is 0 Å². The molecule has 9 heteroatoms. The van der Waals surface area contributed by atoms with Gasteiger partial charge in [0.25, 0.3) is 0 Å². The Hall–Kier alpha value is -1.16. The van der Waals surface area contributed by atoms with Gasteiger partial charge in [0.15, 0.2) is 0 Å². The van der Waals surface area contributed by atoms with Crippen LogP contribution in [0.4, 0.5) is 5.69 Å². The average molecular weight is 321 g/mol. The third-order valence-electron chi connectivity index (χ3n) is 2.87. The summed E-state index contributed by atoms with van der Waals surface area (Å²) in [6.45, 7) is 3.44. The molecule has 20 heavy (non-hydrogen) atoms. The van der Waals surface area contributed by atoms with Crippen molar-refractivity contribution in [1.29, 1.82) is 0 Å². The van der Waals surface area contributed by atoms with Crippen LogP contribution < -0.4 is 15.6 Å². The summed E-state index contributed by atoms with van der Waals surface area (Å²) in [4.78, 5) is 0.0353. The molecule has 0 aliphatic carbocycles. The fraction of sp³-hybridized carbons (Fsp3) is 0.455. The molecule has 0 aromatic heterocycles. The Kier molecular flexibility index (Phi) is 5.14. The second-order valence-electron chi connectivity index (χ2n) is 4.54. The van der Waals surface area contributed by atoms with Gasteiger partial charge in [0, 0.05) is 6.54 Å². The van der Waals surface area contributed by atoms with E-state index in [0.717, 1.165) is 5.56 Å². The number of rotatable bonds is 6. The fourth-order valence-corrected chi connectivity index (χ4v) is 3.77. The molecular formula is C11H19N3O4S2. The molecule has 0 fully saturated rings. The first-order valence-electron chi connectivity index (χ1n) is 5.90. The van der Waals surface area contributed by atoms with Crippen LogP contribution in [0.2, 0.25) is 0 Å². The molecule has 1 rings (SSSR count). The van der Waals surface area contributed by atoms with Crippen molar-refractivity contribution in [2.45, 2.75) is 25.2 Å². The maximum absolute atomic E-state index is 12.2. The molecule has 7 nitrogen and oxygen atoms in total. The van der Waals surface area contributed by atoms with E-state index in [1.165, 1.54) is 6.07 Å². The summed E-state index contributed by atoms with van der Waals surface area (Å²) in [6, 6.07) is 3.27. The lowest BCUT2D eigenvalue weighted by molar-refractivity contribution is 0.576. The number of benzene rings is 1. The zero-order chi connectivity index (χ0) is 15.6. The van der Waals surface area contributed by atoms with Crippen LogP contribution in [-0.2, 0) is 20.0 Å². The van der Waals surface area contributed by atoms with Crippen molar-refractivity contribution < 1.29 is 16.8 Å². The summed E-state index contributed by atoms with van der Waals surface area (Å²) in [6.07, 6.45) is 0.100. The fourth-order valence-electron chi connectivity index (χ4n) is 1.72. The minimum Gasteiger partial charge on any atom is -0.398 e. The van der Waals surface area contributed by atoms with Gasteiger partial charge in [-0.2, -0.15) is 0 Å². The molecule has 0 saturated carbocycles. The Morgan fingerprint density at radius 2 is 1.75 bits per heavy atom. The molecule has 0 spiro atoms. The van der Waals surface area contributed by atoms with Crippen LogP contribution in [0.15, 0.2) is 17.0 Å². The summed E-state index contributed by atoms with van der Waals surface area (Å²) in [5.41, 5.74) is 7.26. The van der Waals surface area contributed by atoms with Crippen molar-refractivity contribution in [3.8, 4) is 0 Å². The van der Waals surface area contributed by atoms with Crippen molar-refractivity contribution in [2.24, 2.45) is 5.14 Å². The standard InChI is InChI=1S/C11H19N3O4S2/c1-8-4-5-10(12)11(9(8)2)20(17,18)14-6-3-7-19(13,15)16/h4-5,14H,3,6-7,12H2,1-2H3,(H2,13,15,16). The lowest BCUT2D eigenvalue weighted by atomic mass is 10.1. The number of nitrogens with one attached hydrogen (secondary N) is 1. The average Bonchev–Trinajstić information content (AvgIpc) is 2.29. The monoisotopic (exact) mass is 321 g/mol. The van der Waals surface area contributed by atoms with Crippen molar-refractivity contribution in [3.63, 3.8) is 0 Å². The Bertz CT molecular complexity index is 697. The van der Waals surface area contributed by atoms with Crippen LogP contribution in [0, 0.1) is 13.8 Å². The molecule has 1 aromatic rings. The number of aryl methyl sites for hydroxylation is 1. The van der Waals surface area contributed by atoms with E-state index >= 15 is 0 Å². The first-order chi connectivity index (χ1) is 9.04. The lowest BCUT2D eigenvalue weighted by Crippen LogP contribution is -2.28. The van der Waals surface area contributed by atoms with Crippen LogP contribution in [0.1, 0.15) is 17.5 Å². The number of anilines is 1. The minimum atomic E-state index is -3.77. The summed E-state index contributed by atoms with van der Waals surface area (Å²) < 4.78 is 48.2. The van der Waals surface area contributed by atoms with Crippen LogP contribution in [0.5, 0.6) is 0 Å². The number of nitrogen functional groups attached to an aromatic ring is 1. The van der Waals surface area contributed by atoms with E-state index in [-0.39, 0.29) is 29.3 Å². The largest absolute Gasteiger partial charge is 0.398 e. The maximum Gasteiger partial charge on any atom is 0.242 e. The Morgan fingerprint density at radius 1 is 1.15 bits per heavy atom. The third kappa shape index (κ3) is 4.44. The van der Waals surface area contributed by atoms with Gasteiger partial charge in [0.1, 0.15) is 4.90 Å². The highest BCUT2D eigenvalue weighted by molar-refractivity contribution is 7.89. The molecule has 0 saturated heterocycles. The number of nitrogens with two attached hydrogens (primary N) is 2. The quantitative estimate of drug-likeness (QED) is 0.495. The normalized spacial score (nSPS) is 12.6. The third-order valence-corrected chi connectivity index (χ3v) is 5.39. The van der Waals surface area contributed by atoms with E-state index in [9.17, 15) is 16.8 Å². The van der Waals surface area contributed by atoms with Crippen LogP contribution >= 0.6 is 0 Å². The number of hydrogen-bond donors (Lipinski definition) is 3. The Balaban J connectivity index is 2.88. The number of hydrogen-bond acceptors (Lipinski definition) is 5. The summed E-state index contributed by atoms with van der Waals surface area (Å²) in [7, 11) is -7.36. The van der Waals surface area contributed by atoms with Gasteiger partial charge in [-0.15, -0.1) is 0 Å². The molecule has 0 heterocycles. The number of sulfonamides is 2. The second kappa shape index (κ2) is 6.08.